The molecule has 1 aromatic carbocycles. The van der Waals surface area contributed by atoms with Gasteiger partial charge in [0.25, 0.3) is 0 Å². The first-order valence-electron chi connectivity index (χ1n) is 4.82. The van der Waals surface area contributed by atoms with E-state index in [1.165, 1.54) is 11.0 Å². The van der Waals surface area contributed by atoms with Crippen LogP contribution in [0.3, 0.4) is 0 Å². The van der Waals surface area contributed by atoms with Crippen molar-refractivity contribution in [3.8, 4) is 5.75 Å². The first kappa shape index (κ1) is 13.0. The van der Waals surface area contributed by atoms with Gasteiger partial charge in [-0.2, -0.15) is 0 Å². The minimum Gasteiger partial charge on any atom is -0.489 e. The number of likely N-dealkylation sites (N-methyl/N-ethyl adjacent to an activating group) is 1. The number of rotatable bonds is 5. The van der Waals surface area contributed by atoms with E-state index in [1.807, 2.05) is 0 Å². The molecule has 0 unspecified atom stereocenters. The number of nitrogens with zero attached hydrogens (tertiary/aromatic N) is 1. The Labute approximate surface area is 102 Å². The van der Waals surface area contributed by atoms with Gasteiger partial charge in [-0.3, -0.25) is 4.79 Å². The minimum atomic E-state index is -0.392. The van der Waals surface area contributed by atoms with Crippen molar-refractivity contribution >= 4 is 21.8 Å². The fourth-order valence-corrected chi connectivity index (χ4v) is 1.51. The zero-order chi connectivity index (χ0) is 12.0. The molecule has 0 bridgehead atoms. The van der Waals surface area contributed by atoms with Gasteiger partial charge in [-0.05, 0) is 12.1 Å². The molecule has 0 aliphatic carbocycles. The third kappa shape index (κ3) is 3.81. The number of hydrogen-bond donors (Lipinski definition) is 0. The van der Waals surface area contributed by atoms with Gasteiger partial charge < -0.3 is 9.64 Å². The molecule has 1 amide bonds. The third-order valence-electron chi connectivity index (χ3n) is 2.06. The Balaban J connectivity index is 2.36. The van der Waals surface area contributed by atoms with E-state index < -0.39 is 5.82 Å². The summed E-state index contributed by atoms with van der Waals surface area (Å²) in [7, 11) is 1.67. The van der Waals surface area contributed by atoms with Gasteiger partial charge in [0.2, 0.25) is 5.91 Å². The molecule has 3 nitrogen and oxygen atoms in total. The maximum atomic E-state index is 13.1. The van der Waals surface area contributed by atoms with Crippen LogP contribution in [-0.4, -0.2) is 36.3 Å². The SMILES string of the molecule is CN(CCOc1ccccc1F)C(=O)CBr. The average molecular weight is 290 g/mol. The fraction of sp³-hybridized carbons (Fsp3) is 0.364. The van der Waals surface area contributed by atoms with E-state index in [0.717, 1.165) is 0 Å². The number of amides is 1. The molecule has 0 atom stereocenters. The summed E-state index contributed by atoms with van der Waals surface area (Å²) < 4.78 is 18.3. The smallest absolute Gasteiger partial charge is 0.233 e. The monoisotopic (exact) mass is 289 g/mol. The summed E-state index contributed by atoms with van der Waals surface area (Å²) in [5.41, 5.74) is 0. The summed E-state index contributed by atoms with van der Waals surface area (Å²) >= 11 is 3.07. The molecule has 1 aromatic rings. The van der Waals surface area contributed by atoms with Crippen molar-refractivity contribution in [2.45, 2.75) is 0 Å². The highest BCUT2D eigenvalue weighted by Gasteiger charge is 2.07. The summed E-state index contributed by atoms with van der Waals surface area (Å²) in [5.74, 6) is -0.212. The summed E-state index contributed by atoms with van der Waals surface area (Å²) in [5, 5.41) is 0.281. The molecule has 0 spiro atoms. The van der Waals surface area contributed by atoms with Crippen LogP contribution >= 0.6 is 15.9 Å². The molecule has 0 saturated heterocycles. The number of carbonyl (C=O) groups is 1. The minimum absolute atomic E-state index is 0.0304. The van der Waals surface area contributed by atoms with E-state index in [4.69, 9.17) is 4.74 Å². The molecule has 0 heterocycles. The van der Waals surface area contributed by atoms with Crippen molar-refractivity contribution in [1.29, 1.82) is 0 Å². The molecule has 5 heteroatoms. The number of alkyl halides is 1. The number of hydrogen-bond acceptors (Lipinski definition) is 2. The van der Waals surface area contributed by atoms with Crippen molar-refractivity contribution in [1.82, 2.24) is 4.90 Å². The standard InChI is InChI=1S/C11H13BrFNO2/c1-14(11(15)8-12)6-7-16-10-5-3-2-4-9(10)13/h2-5H,6-8H2,1H3. The fourth-order valence-electron chi connectivity index (χ4n) is 1.08. The predicted octanol–water partition coefficient (Wildman–Crippen LogP) is 2.06. The summed E-state index contributed by atoms with van der Waals surface area (Å²) in [4.78, 5) is 12.7. The number of para-hydroxylation sites is 1. The van der Waals surface area contributed by atoms with E-state index in [9.17, 15) is 9.18 Å². The molecular weight excluding hydrogens is 277 g/mol. The molecule has 0 fully saturated rings. The van der Waals surface area contributed by atoms with Gasteiger partial charge in [0, 0.05) is 7.05 Å². The van der Waals surface area contributed by atoms with E-state index in [-0.39, 0.29) is 23.6 Å². The Morgan fingerprint density at radius 1 is 1.50 bits per heavy atom. The molecule has 0 radical (unpaired) electrons. The maximum absolute atomic E-state index is 13.1. The third-order valence-corrected chi connectivity index (χ3v) is 2.54. The van der Waals surface area contributed by atoms with E-state index in [2.05, 4.69) is 15.9 Å². The molecule has 0 N–H and O–H groups in total. The van der Waals surface area contributed by atoms with Crippen molar-refractivity contribution in [3.63, 3.8) is 0 Å². The number of ether oxygens (including phenoxy) is 1. The lowest BCUT2D eigenvalue weighted by Gasteiger charge is -2.16. The second kappa shape index (κ2) is 6.48. The number of carbonyl (C=O) groups excluding carboxylic acids is 1. The van der Waals surface area contributed by atoms with Gasteiger partial charge >= 0.3 is 0 Å². The number of halogens is 2. The van der Waals surface area contributed by atoms with Crippen LogP contribution in [0.15, 0.2) is 24.3 Å². The van der Waals surface area contributed by atoms with E-state index in [1.54, 1.807) is 25.2 Å². The van der Waals surface area contributed by atoms with Crippen molar-refractivity contribution in [2.24, 2.45) is 0 Å². The second-order valence-electron chi connectivity index (χ2n) is 3.23. The predicted molar refractivity (Wildman–Crippen MR) is 63.3 cm³/mol. The highest BCUT2D eigenvalue weighted by atomic mass is 79.9. The van der Waals surface area contributed by atoms with Crippen molar-refractivity contribution in [3.05, 3.63) is 30.1 Å². The lowest BCUT2D eigenvalue weighted by Crippen LogP contribution is -2.31. The summed E-state index contributed by atoms with van der Waals surface area (Å²) in [6.45, 7) is 0.703. The van der Waals surface area contributed by atoms with Gasteiger partial charge in [-0.25, -0.2) is 4.39 Å². The van der Waals surface area contributed by atoms with E-state index >= 15 is 0 Å². The molecule has 88 valence electrons. The topological polar surface area (TPSA) is 29.5 Å². The Bertz CT molecular complexity index is 360. The Kier molecular flexibility index (Phi) is 5.25. The number of benzene rings is 1. The molecule has 0 saturated carbocycles. The van der Waals surface area contributed by atoms with Crippen LogP contribution in [0.25, 0.3) is 0 Å². The average Bonchev–Trinajstić information content (AvgIpc) is 2.30. The maximum Gasteiger partial charge on any atom is 0.233 e. The Hall–Kier alpha value is -1.10. The van der Waals surface area contributed by atoms with Gasteiger partial charge in [-0.15, -0.1) is 0 Å². The normalized spacial score (nSPS) is 9.94. The highest BCUT2D eigenvalue weighted by molar-refractivity contribution is 9.09. The van der Waals surface area contributed by atoms with Crippen LogP contribution in [-0.2, 0) is 4.79 Å². The van der Waals surface area contributed by atoms with Gasteiger partial charge in [0.15, 0.2) is 11.6 Å². The summed E-state index contributed by atoms with van der Waals surface area (Å²) in [6, 6.07) is 6.19. The quantitative estimate of drug-likeness (QED) is 0.777. The first-order chi connectivity index (χ1) is 7.65. The van der Waals surface area contributed by atoms with Crippen LogP contribution in [0, 0.1) is 5.82 Å². The largest absolute Gasteiger partial charge is 0.489 e. The lowest BCUT2D eigenvalue weighted by molar-refractivity contribution is -0.127. The van der Waals surface area contributed by atoms with Gasteiger partial charge in [-0.1, -0.05) is 28.1 Å². The lowest BCUT2D eigenvalue weighted by atomic mass is 10.3. The van der Waals surface area contributed by atoms with Crippen LogP contribution < -0.4 is 4.74 Å². The van der Waals surface area contributed by atoms with Crippen LogP contribution in [0.5, 0.6) is 5.75 Å². The Morgan fingerprint density at radius 3 is 2.81 bits per heavy atom. The van der Waals surface area contributed by atoms with Gasteiger partial charge in [0.1, 0.15) is 6.61 Å². The zero-order valence-electron chi connectivity index (χ0n) is 8.95. The molecule has 0 aliphatic heterocycles. The highest BCUT2D eigenvalue weighted by Crippen LogP contribution is 2.14. The van der Waals surface area contributed by atoms with Crippen LogP contribution in [0.1, 0.15) is 0 Å². The van der Waals surface area contributed by atoms with Crippen molar-refractivity contribution < 1.29 is 13.9 Å². The van der Waals surface area contributed by atoms with E-state index in [0.29, 0.717) is 6.54 Å². The molecule has 16 heavy (non-hydrogen) atoms. The van der Waals surface area contributed by atoms with Gasteiger partial charge in [0.05, 0.1) is 11.9 Å². The summed E-state index contributed by atoms with van der Waals surface area (Å²) in [6.07, 6.45) is 0. The van der Waals surface area contributed by atoms with Crippen LogP contribution in [0.4, 0.5) is 4.39 Å². The second-order valence-corrected chi connectivity index (χ2v) is 3.79. The molecular formula is C11H13BrFNO2. The molecule has 0 aliphatic rings. The first-order valence-corrected chi connectivity index (χ1v) is 5.94. The van der Waals surface area contributed by atoms with Crippen molar-refractivity contribution in [2.75, 3.05) is 25.5 Å². The molecule has 0 aromatic heterocycles. The Morgan fingerprint density at radius 2 is 2.19 bits per heavy atom. The van der Waals surface area contributed by atoms with Crippen LogP contribution in [0.2, 0.25) is 0 Å². The molecule has 1 rings (SSSR count). The zero-order valence-corrected chi connectivity index (χ0v) is 10.5.